The Hall–Kier alpha value is -3.99. The van der Waals surface area contributed by atoms with Crippen molar-refractivity contribution < 1.29 is 27.8 Å². The highest BCUT2D eigenvalue weighted by atomic mass is 35.5. The number of likely N-dealkylation sites (tertiary alicyclic amines) is 2. The Kier molecular flexibility index (Phi) is 7.77. The van der Waals surface area contributed by atoms with Gasteiger partial charge in [-0.2, -0.15) is 9.97 Å². The monoisotopic (exact) mass is 668 g/mol. The fourth-order valence-electron chi connectivity index (χ4n) is 6.95. The van der Waals surface area contributed by atoms with Crippen molar-refractivity contribution in [1.29, 1.82) is 0 Å². The van der Waals surface area contributed by atoms with Gasteiger partial charge in [-0.3, -0.25) is 9.69 Å². The largest absolute Gasteiger partial charge is 0.487 e. The summed E-state index contributed by atoms with van der Waals surface area (Å²) in [5.74, 6) is -1.36. The molecule has 2 aromatic carbocycles. The standard InChI is InChI=1S/C32H31ClF2N6O4S/c1-14(19-6-5-10-40(19)4)44-32-38-26-23-28(43-13-20(45-31(23)39-32)16-9-11-41(12-16)15(2)42)24(33)21(25(26)35)17-7-8-18(34)29-22(17)27(37-3)30(36)46-29/h7-8,14,16,19-20H,5-6,9-13,36H2,1-2,4H3/t14-,16?,19-,20?/m0/s1. The molecule has 2 fully saturated rings. The van der Waals surface area contributed by atoms with E-state index in [-0.39, 0.29) is 96.0 Å². The van der Waals surface area contributed by atoms with Gasteiger partial charge in [0.05, 0.1) is 21.3 Å². The number of aromatic nitrogens is 2. The highest BCUT2D eigenvalue weighted by Crippen LogP contribution is 2.52. The van der Waals surface area contributed by atoms with Gasteiger partial charge >= 0.3 is 6.01 Å². The molecule has 4 atom stereocenters. The first kappa shape index (κ1) is 30.7. The number of halogens is 3. The number of hydrogen-bond donors (Lipinski definition) is 1. The molecule has 10 nitrogen and oxygen atoms in total. The maximum absolute atomic E-state index is 17.0. The van der Waals surface area contributed by atoms with E-state index in [0.29, 0.717) is 19.5 Å². The molecular formula is C32H31ClF2N6O4S. The second kappa shape index (κ2) is 11.7. The Morgan fingerprint density at radius 3 is 2.76 bits per heavy atom. The Morgan fingerprint density at radius 1 is 1.26 bits per heavy atom. The van der Waals surface area contributed by atoms with Crippen molar-refractivity contribution in [3.05, 3.63) is 40.2 Å². The number of ether oxygens (including phenoxy) is 3. The zero-order valence-electron chi connectivity index (χ0n) is 25.4. The first-order valence-electron chi connectivity index (χ1n) is 15.1. The van der Waals surface area contributed by atoms with Crippen LogP contribution in [0.1, 0.15) is 33.1 Å². The third-order valence-corrected chi connectivity index (χ3v) is 10.7. The SMILES string of the molecule is [C-]#[N+]c1c(N)sc2c(F)ccc(-c3c(Cl)c4c5c(nc(O[C@@H](C)[C@@H]6CCCN6C)nc5c3F)OC(C3CCN(C(C)=O)C3)CO4)c12. The molecule has 14 heteroatoms. The van der Waals surface area contributed by atoms with Crippen molar-refractivity contribution in [3.8, 4) is 28.8 Å². The molecule has 0 spiro atoms. The van der Waals surface area contributed by atoms with Crippen LogP contribution in [0.4, 0.5) is 19.5 Å². The minimum absolute atomic E-state index is 0.0124. The smallest absolute Gasteiger partial charge is 0.320 e. The van der Waals surface area contributed by atoms with E-state index in [1.54, 1.807) is 4.90 Å². The topological polar surface area (TPSA) is 107 Å². The molecule has 0 bridgehead atoms. The second-order valence-corrected chi connectivity index (χ2v) is 13.5. The molecule has 2 N–H and O–H groups in total. The van der Waals surface area contributed by atoms with Crippen LogP contribution in [0, 0.1) is 24.1 Å². The Labute approximate surface area is 272 Å². The number of thiophene rings is 1. The average Bonchev–Trinajstić information content (AvgIpc) is 3.73. The van der Waals surface area contributed by atoms with Crippen LogP contribution in [-0.4, -0.2) is 77.2 Å². The van der Waals surface area contributed by atoms with Crippen LogP contribution < -0.4 is 19.9 Å². The number of anilines is 1. The van der Waals surface area contributed by atoms with Gasteiger partial charge in [-0.05, 0) is 51.4 Å². The van der Waals surface area contributed by atoms with Crippen LogP contribution in [0.5, 0.6) is 17.6 Å². The molecule has 46 heavy (non-hydrogen) atoms. The van der Waals surface area contributed by atoms with Crippen molar-refractivity contribution in [2.24, 2.45) is 5.92 Å². The van der Waals surface area contributed by atoms with Gasteiger partial charge < -0.3 is 24.8 Å². The number of nitrogens with two attached hydrogens (primary N) is 1. The van der Waals surface area contributed by atoms with E-state index in [0.717, 1.165) is 30.7 Å². The van der Waals surface area contributed by atoms with Gasteiger partial charge in [0.2, 0.25) is 17.5 Å². The summed E-state index contributed by atoms with van der Waals surface area (Å²) in [6.45, 7) is 13.2. The molecule has 3 aliphatic rings. The number of likely N-dealkylation sites (N-methyl/N-ethyl adjacent to an activating group) is 1. The van der Waals surface area contributed by atoms with Crippen LogP contribution >= 0.6 is 22.9 Å². The first-order chi connectivity index (χ1) is 22.1. The molecule has 2 aromatic heterocycles. The zero-order chi connectivity index (χ0) is 32.4. The van der Waals surface area contributed by atoms with Gasteiger partial charge in [0, 0.05) is 42.9 Å². The van der Waals surface area contributed by atoms with Crippen molar-refractivity contribution in [2.45, 2.75) is 51.4 Å². The Balaban J connectivity index is 1.41. The van der Waals surface area contributed by atoms with Crippen molar-refractivity contribution in [1.82, 2.24) is 19.8 Å². The van der Waals surface area contributed by atoms with Gasteiger partial charge in [-0.1, -0.05) is 17.7 Å². The third kappa shape index (κ3) is 4.94. The van der Waals surface area contributed by atoms with E-state index < -0.39 is 17.7 Å². The number of fused-ring (bicyclic) bond motifs is 1. The van der Waals surface area contributed by atoms with Gasteiger partial charge in [0.1, 0.15) is 35.5 Å². The summed E-state index contributed by atoms with van der Waals surface area (Å²) in [7, 11) is 2.03. The van der Waals surface area contributed by atoms with Crippen LogP contribution in [0.3, 0.4) is 0 Å². The summed E-state index contributed by atoms with van der Waals surface area (Å²) >= 11 is 7.90. The lowest BCUT2D eigenvalue weighted by Crippen LogP contribution is -2.38. The fourth-order valence-corrected chi connectivity index (χ4v) is 8.22. The van der Waals surface area contributed by atoms with Gasteiger partial charge in [-0.25, -0.2) is 13.6 Å². The van der Waals surface area contributed by atoms with Crippen molar-refractivity contribution >= 4 is 60.5 Å². The lowest BCUT2D eigenvalue weighted by Gasteiger charge is -2.26. The lowest BCUT2D eigenvalue weighted by atomic mass is 9.98. The molecule has 2 saturated heterocycles. The van der Waals surface area contributed by atoms with Crippen LogP contribution in [-0.2, 0) is 4.79 Å². The fraction of sp³-hybridized carbons (Fsp3) is 0.438. The molecule has 0 aliphatic carbocycles. The van der Waals surface area contributed by atoms with E-state index in [4.69, 9.17) is 38.1 Å². The number of carbonyl (C=O) groups excluding carboxylic acids is 1. The van der Waals surface area contributed by atoms with Crippen LogP contribution in [0.25, 0.3) is 37.0 Å². The highest BCUT2D eigenvalue weighted by molar-refractivity contribution is 7.23. The second-order valence-electron chi connectivity index (χ2n) is 12.1. The molecular weight excluding hydrogens is 638 g/mol. The first-order valence-corrected chi connectivity index (χ1v) is 16.3. The van der Waals surface area contributed by atoms with E-state index in [1.807, 2.05) is 14.0 Å². The Morgan fingerprint density at radius 2 is 2.07 bits per heavy atom. The quantitative estimate of drug-likeness (QED) is 0.242. The predicted molar refractivity (Wildman–Crippen MR) is 172 cm³/mol. The van der Waals surface area contributed by atoms with Crippen molar-refractivity contribution in [2.75, 3.05) is 39.0 Å². The average molecular weight is 669 g/mol. The summed E-state index contributed by atoms with van der Waals surface area (Å²) in [5.41, 5.74) is 6.02. The normalized spacial score (nSPS) is 22.0. The van der Waals surface area contributed by atoms with E-state index in [1.165, 1.54) is 19.1 Å². The predicted octanol–water partition coefficient (Wildman–Crippen LogP) is 6.45. The summed E-state index contributed by atoms with van der Waals surface area (Å²) in [6, 6.07) is 2.62. The zero-order valence-corrected chi connectivity index (χ0v) is 27.0. The summed E-state index contributed by atoms with van der Waals surface area (Å²) < 4.78 is 51.0. The van der Waals surface area contributed by atoms with E-state index in [9.17, 15) is 9.18 Å². The molecule has 2 unspecified atom stereocenters. The van der Waals surface area contributed by atoms with Crippen LogP contribution in [0.2, 0.25) is 5.02 Å². The van der Waals surface area contributed by atoms with Crippen molar-refractivity contribution in [3.63, 3.8) is 0 Å². The molecule has 0 saturated carbocycles. The lowest BCUT2D eigenvalue weighted by molar-refractivity contribution is -0.128. The third-order valence-electron chi connectivity index (χ3n) is 9.36. The molecule has 4 aromatic rings. The molecule has 3 aliphatic heterocycles. The molecule has 0 radical (unpaired) electrons. The molecule has 1 amide bonds. The van der Waals surface area contributed by atoms with Gasteiger partial charge in [0.15, 0.2) is 11.6 Å². The molecule has 5 heterocycles. The molecule has 240 valence electrons. The van der Waals surface area contributed by atoms with E-state index >= 15 is 4.39 Å². The minimum atomic E-state index is -0.828. The Bertz CT molecular complexity index is 1950. The summed E-state index contributed by atoms with van der Waals surface area (Å²) in [6.07, 6.45) is 1.81. The van der Waals surface area contributed by atoms with Crippen LogP contribution in [0.15, 0.2) is 12.1 Å². The number of nitrogen functional groups attached to an aromatic ring is 1. The number of rotatable bonds is 5. The number of benzene rings is 2. The number of carbonyl (C=O) groups is 1. The highest BCUT2D eigenvalue weighted by Gasteiger charge is 2.38. The summed E-state index contributed by atoms with van der Waals surface area (Å²) in [4.78, 5) is 28.7. The maximum Gasteiger partial charge on any atom is 0.320 e. The number of nitrogens with zero attached hydrogens (tertiary/aromatic N) is 5. The minimum Gasteiger partial charge on any atom is -0.487 e. The summed E-state index contributed by atoms with van der Waals surface area (Å²) in [5, 5.41) is 0.314. The van der Waals surface area contributed by atoms with E-state index in [2.05, 4.69) is 19.7 Å². The number of hydrogen-bond acceptors (Lipinski definition) is 9. The van der Waals surface area contributed by atoms with Gasteiger partial charge in [-0.15, -0.1) is 11.3 Å². The maximum atomic E-state index is 17.0. The molecule has 7 rings (SSSR count). The number of amides is 1. The van der Waals surface area contributed by atoms with Gasteiger partial charge in [0.25, 0.3) is 0 Å².